The molecular formula is C17H16N4OS. The molecule has 0 bridgehead atoms. The minimum absolute atomic E-state index is 0.376. The number of benzene rings is 2. The van der Waals surface area contributed by atoms with Gasteiger partial charge in [-0.15, -0.1) is 10.2 Å². The predicted octanol–water partition coefficient (Wildman–Crippen LogP) is 2.90. The molecule has 2 aromatic carbocycles. The zero-order valence-corrected chi connectivity index (χ0v) is 13.4. The van der Waals surface area contributed by atoms with Gasteiger partial charge in [0.15, 0.2) is 11.0 Å². The molecule has 1 aromatic heterocycles. The van der Waals surface area contributed by atoms with Crippen LogP contribution < -0.4 is 5.73 Å². The van der Waals surface area contributed by atoms with Gasteiger partial charge in [-0.3, -0.25) is 9.36 Å². The Labute approximate surface area is 138 Å². The number of para-hydroxylation sites is 1. The Morgan fingerprint density at radius 3 is 2.26 bits per heavy atom. The lowest BCUT2D eigenvalue weighted by Crippen LogP contribution is -2.23. The van der Waals surface area contributed by atoms with Crippen LogP contribution in [-0.4, -0.2) is 25.9 Å². The molecule has 1 heterocycles. The topological polar surface area (TPSA) is 73.8 Å². The number of nitrogens with two attached hydrogens (primary N) is 1. The second-order valence-corrected chi connectivity index (χ2v) is 6.31. The Hall–Kier alpha value is -2.60. The van der Waals surface area contributed by atoms with Gasteiger partial charge in [0.1, 0.15) is 0 Å². The first-order valence-electron chi connectivity index (χ1n) is 7.19. The third kappa shape index (κ3) is 3.27. The van der Waals surface area contributed by atoms with E-state index < -0.39 is 0 Å². The Morgan fingerprint density at radius 2 is 1.65 bits per heavy atom. The summed E-state index contributed by atoms with van der Waals surface area (Å²) in [6, 6.07) is 19.7. The fourth-order valence-corrected chi connectivity index (χ4v) is 2.96. The molecule has 0 aliphatic heterocycles. The van der Waals surface area contributed by atoms with Gasteiger partial charge in [-0.05, 0) is 19.1 Å². The van der Waals surface area contributed by atoms with Crippen LogP contribution in [0.5, 0.6) is 0 Å². The van der Waals surface area contributed by atoms with Crippen molar-refractivity contribution in [1.82, 2.24) is 14.8 Å². The van der Waals surface area contributed by atoms with Crippen LogP contribution in [0.4, 0.5) is 0 Å². The van der Waals surface area contributed by atoms with Gasteiger partial charge in [0.2, 0.25) is 5.91 Å². The van der Waals surface area contributed by atoms with Crippen molar-refractivity contribution in [3.8, 4) is 17.1 Å². The number of carbonyl (C=O) groups is 1. The molecule has 2 N–H and O–H groups in total. The lowest BCUT2D eigenvalue weighted by atomic mass is 10.2. The highest BCUT2D eigenvalue weighted by atomic mass is 32.2. The molecular weight excluding hydrogens is 308 g/mol. The average Bonchev–Trinajstić information content (AvgIpc) is 3.00. The number of rotatable bonds is 5. The molecule has 0 radical (unpaired) electrons. The van der Waals surface area contributed by atoms with E-state index in [9.17, 15) is 4.79 Å². The van der Waals surface area contributed by atoms with Crippen LogP contribution in [0.25, 0.3) is 17.1 Å². The summed E-state index contributed by atoms with van der Waals surface area (Å²) in [4.78, 5) is 11.4. The molecule has 1 unspecified atom stereocenters. The number of primary amides is 1. The van der Waals surface area contributed by atoms with Crippen molar-refractivity contribution in [3.05, 3.63) is 60.7 Å². The number of aromatic nitrogens is 3. The maximum atomic E-state index is 11.4. The van der Waals surface area contributed by atoms with Gasteiger partial charge in [0.05, 0.1) is 5.25 Å². The molecule has 0 spiro atoms. The summed E-state index contributed by atoms with van der Waals surface area (Å²) in [5.74, 6) is 0.356. The molecule has 0 saturated heterocycles. The zero-order chi connectivity index (χ0) is 16.2. The van der Waals surface area contributed by atoms with E-state index in [1.165, 1.54) is 11.8 Å². The monoisotopic (exact) mass is 324 g/mol. The highest BCUT2D eigenvalue weighted by molar-refractivity contribution is 8.00. The highest BCUT2D eigenvalue weighted by Crippen LogP contribution is 2.29. The summed E-state index contributed by atoms with van der Waals surface area (Å²) in [5, 5.41) is 8.83. The smallest absolute Gasteiger partial charge is 0.230 e. The summed E-state index contributed by atoms with van der Waals surface area (Å²) in [6.45, 7) is 1.76. The number of hydrogen-bond acceptors (Lipinski definition) is 4. The van der Waals surface area contributed by atoms with Crippen molar-refractivity contribution in [3.63, 3.8) is 0 Å². The van der Waals surface area contributed by atoms with E-state index in [0.29, 0.717) is 5.16 Å². The maximum absolute atomic E-state index is 11.4. The summed E-state index contributed by atoms with van der Waals surface area (Å²) in [6.07, 6.45) is 0. The number of carbonyl (C=O) groups excluding carboxylic acids is 1. The number of thioether (sulfide) groups is 1. The van der Waals surface area contributed by atoms with Crippen LogP contribution >= 0.6 is 11.8 Å². The highest BCUT2D eigenvalue weighted by Gasteiger charge is 2.20. The van der Waals surface area contributed by atoms with E-state index in [0.717, 1.165) is 17.1 Å². The first-order chi connectivity index (χ1) is 11.2. The third-order valence-corrected chi connectivity index (χ3v) is 4.42. The molecule has 0 aliphatic carbocycles. The summed E-state index contributed by atoms with van der Waals surface area (Å²) >= 11 is 1.30. The van der Waals surface area contributed by atoms with Crippen molar-refractivity contribution in [1.29, 1.82) is 0 Å². The molecule has 3 rings (SSSR count). The van der Waals surface area contributed by atoms with Crippen LogP contribution in [0, 0.1) is 0 Å². The normalized spacial score (nSPS) is 12.0. The Bertz CT molecular complexity index is 802. The van der Waals surface area contributed by atoms with Gasteiger partial charge in [-0.25, -0.2) is 0 Å². The van der Waals surface area contributed by atoms with Crippen LogP contribution in [0.2, 0.25) is 0 Å². The second-order valence-electron chi connectivity index (χ2n) is 5.01. The van der Waals surface area contributed by atoms with Gasteiger partial charge < -0.3 is 5.73 Å². The Morgan fingerprint density at radius 1 is 1.04 bits per heavy atom. The second kappa shape index (κ2) is 6.66. The molecule has 1 amide bonds. The molecule has 0 aliphatic rings. The van der Waals surface area contributed by atoms with Crippen molar-refractivity contribution in [2.24, 2.45) is 5.73 Å². The standard InChI is InChI=1S/C17H16N4OS/c1-12(15(18)22)23-17-20-19-16(13-8-4-2-5-9-13)21(17)14-10-6-3-7-11-14/h2-12H,1H3,(H2,18,22). The zero-order valence-electron chi connectivity index (χ0n) is 12.6. The molecule has 3 aromatic rings. The fraction of sp³-hybridized carbons (Fsp3) is 0.118. The van der Waals surface area contributed by atoms with Crippen LogP contribution in [-0.2, 0) is 4.79 Å². The lowest BCUT2D eigenvalue weighted by molar-refractivity contribution is -0.117. The molecule has 0 fully saturated rings. The lowest BCUT2D eigenvalue weighted by Gasteiger charge is -2.11. The van der Waals surface area contributed by atoms with E-state index >= 15 is 0 Å². The van der Waals surface area contributed by atoms with Crippen LogP contribution in [0.1, 0.15) is 6.92 Å². The van der Waals surface area contributed by atoms with Crippen molar-refractivity contribution >= 4 is 17.7 Å². The van der Waals surface area contributed by atoms with Crippen molar-refractivity contribution < 1.29 is 4.79 Å². The minimum atomic E-state index is -0.384. The van der Waals surface area contributed by atoms with Gasteiger partial charge in [-0.2, -0.15) is 0 Å². The number of amides is 1. The average molecular weight is 324 g/mol. The Balaban J connectivity index is 2.11. The first kappa shape index (κ1) is 15.3. The molecule has 6 heteroatoms. The van der Waals surface area contributed by atoms with Gasteiger partial charge >= 0.3 is 0 Å². The molecule has 116 valence electrons. The fourth-order valence-electron chi connectivity index (χ4n) is 2.15. The van der Waals surface area contributed by atoms with E-state index in [4.69, 9.17) is 5.73 Å². The summed E-state index contributed by atoms with van der Waals surface area (Å²) in [5.41, 5.74) is 7.27. The number of nitrogens with zero attached hydrogens (tertiary/aromatic N) is 3. The van der Waals surface area contributed by atoms with Gasteiger partial charge in [0, 0.05) is 11.3 Å². The molecule has 5 nitrogen and oxygen atoms in total. The van der Waals surface area contributed by atoms with Crippen LogP contribution in [0.15, 0.2) is 65.8 Å². The number of hydrogen-bond donors (Lipinski definition) is 1. The SMILES string of the molecule is CC(Sc1nnc(-c2ccccc2)n1-c1ccccc1)C(N)=O. The van der Waals surface area contributed by atoms with E-state index in [1.807, 2.05) is 65.2 Å². The summed E-state index contributed by atoms with van der Waals surface area (Å²) in [7, 11) is 0. The molecule has 0 saturated carbocycles. The quantitative estimate of drug-likeness (QED) is 0.732. The minimum Gasteiger partial charge on any atom is -0.369 e. The van der Waals surface area contributed by atoms with E-state index in [2.05, 4.69) is 10.2 Å². The maximum Gasteiger partial charge on any atom is 0.230 e. The molecule has 1 atom stereocenters. The van der Waals surface area contributed by atoms with Crippen molar-refractivity contribution in [2.45, 2.75) is 17.3 Å². The largest absolute Gasteiger partial charge is 0.369 e. The molecule has 23 heavy (non-hydrogen) atoms. The van der Waals surface area contributed by atoms with Gasteiger partial charge in [0.25, 0.3) is 0 Å². The van der Waals surface area contributed by atoms with Gasteiger partial charge in [-0.1, -0.05) is 60.3 Å². The van der Waals surface area contributed by atoms with E-state index in [1.54, 1.807) is 6.92 Å². The first-order valence-corrected chi connectivity index (χ1v) is 8.07. The van der Waals surface area contributed by atoms with Crippen LogP contribution in [0.3, 0.4) is 0 Å². The predicted molar refractivity (Wildman–Crippen MR) is 91.3 cm³/mol. The Kier molecular flexibility index (Phi) is 4.43. The third-order valence-electron chi connectivity index (χ3n) is 3.36. The van der Waals surface area contributed by atoms with Crippen molar-refractivity contribution in [2.75, 3.05) is 0 Å². The van der Waals surface area contributed by atoms with E-state index in [-0.39, 0.29) is 11.2 Å². The summed E-state index contributed by atoms with van der Waals surface area (Å²) < 4.78 is 1.94.